The minimum absolute atomic E-state index is 0.287. The Labute approximate surface area is 137 Å². The van der Waals surface area contributed by atoms with Crippen molar-refractivity contribution in [2.45, 2.75) is 32.2 Å². The summed E-state index contributed by atoms with van der Waals surface area (Å²) in [5, 5.41) is 10.0. The molecule has 1 amide bonds. The van der Waals surface area contributed by atoms with Crippen LogP contribution in [0.5, 0.6) is 0 Å². The van der Waals surface area contributed by atoms with Gasteiger partial charge in [-0.1, -0.05) is 0 Å². The van der Waals surface area contributed by atoms with Gasteiger partial charge in [0.15, 0.2) is 10.8 Å². The molecule has 0 bridgehead atoms. The largest absolute Gasteiger partial charge is 0.480 e. The topological polar surface area (TPSA) is 96.3 Å². The molecule has 2 aromatic rings. The van der Waals surface area contributed by atoms with Gasteiger partial charge < -0.3 is 10.0 Å². The fourth-order valence-electron chi connectivity index (χ4n) is 2.73. The number of likely N-dealkylation sites (tertiary alicyclic amines) is 1. The third-order valence-electron chi connectivity index (χ3n) is 4.09. The Kier molecular flexibility index (Phi) is 3.85. The Morgan fingerprint density at radius 3 is 2.70 bits per heavy atom. The fraction of sp³-hybridized carbons (Fsp3) is 0.400. The van der Waals surface area contributed by atoms with Crippen LogP contribution in [0.2, 0.25) is 0 Å². The molecule has 23 heavy (non-hydrogen) atoms. The number of carboxylic acid groups (broad SMARTS) is 1. The number of carbonyl (C=O) groups excluding carboxylic acids is 1. The third-order valence-corrected chi connectivity index (χ3v) is 5.24. The molecule has 8 heteroatoms. The molecule has 1 unspecified atom stereocenters. The first-order valence-electron chi connectivity index (χ1n) is 7.23. The molecular formula is C15H16N4O3S. The van der Waals surface area contributed by atoms with Crippen molar-refractivity contribution in [2.24, 2.45) is 0 Å². The van der Waals surface area contributed by atoms with E-state index in [1.54, 1.807) is 32.3 Å². The number of aryl methyl sites for hydroxylation is 1. The minimum Gasteiger partial charge on any atom is -0.480 e. The molecule has 0 aromatic carbocycles. The molecule has 0 saturated carbocycles. The average molecular weight is 332 g/mol. The van der Waals surface area contributed by atoms with Crippen LogP contribution in [0.25, 0.3) is 10.8 Å². The Hall–Kier alpha value is -2.35. The van der Waals surface area contributed by atoms with Gasteiger partial charge in [0.05, 0.1) is 5.69 Å². The minimum atomic E-state index is -1.16. The standard InChI is InChI=1S/C15H16N4O3S/c1-9-10(23-12(18-9)11-16-6-4-7-17-11)13(20)19-8-3-5-15(19,2)14(21)22/h4,6-7H,3,5,8H2,1-2H3,(H,21,22). The zero-order valence-corrected chi connectivity index (χ0v) is 13.6. The summed E-state index contributed by atoms with van der Waals surface area (Å²) in [6.45, 7) is 3.78. The highest BCUT2D eigenvalue weighted by molar-refractivity contribution is 7.17. The second kappa shape index (κ2) is 5.69. The second-order valence-electron chi connectivity index (χ2n) is 5.65. The van der Waals surface area contributed by atoms with Crippen molar-refractivity contribution < 1.29 is 14.7 Å². The molecule has 1 aliphatic rings. The van der Waals surface area contributed by atoms with E-state index >= 15 is 0 Å². The maximum Gasteiger partial charge on any atom is 0.329 e. The molecule has 1 atom stereocenters. The predicted octanol–water partition coefficient (Wildman–Crippen LogP) is 1.99. The lowest BCUT2D eigenvalue weighted by Gasteiger charge is -2.30. The molecule has 0 spiro atoms. The molecule has 3 rings (SSSR count). The Bertz CT molecular complexity index is 761. The molecule has 3 heterocycles. The zero-order valence-electron chi connectivity index (χ0n) is 12.8. The summed E-state index contributed by atoms with van der Waals surface area (Å²) in [6, 6.07) is 1.71. The van der Waals surface area contributed by atoms with E-state index in [1.807, 2.05) is 0 Å². The lowest BCUT2D eigenvalue weighted by atomic mass is 9.99. The van der Waals surface area contributed by atoms with Crippen molar-refractivity contribution in [3.05, 3.63) is 29.0 Å². The molecule has 2 aromatic heterocycles. The van der Waals surface area contributed by atoms with Gasteiger partial charge in [-0.05, 0) is 32.8 Å². The van der Waals surface area contributed by atoms with Crippen LogP contribution < -0.4 is 0 Å². The van der Waals surface area contributed by atoms with Crippen molar-refractivity contribution in [3.8, 4) is 10.8 Å². The van der Waals surface area contributed by atoms with Crippen LogP contribution >= 0.6 is 11.3 Å². The molecule has 1 fully saturated rings. The highest BCUT2D eigenvalue weighted by Crippen LogP contribution is 2.34. The van der Waals surface area contributed by atoms with E-state index in [9.17, 15) is 14.7 Å². The number of amides is 1. The van der Waals surface area contributed by atoms with E-state index in [4.69, 9.17) is 0 Å². The summed E-state index contributed by atoms with van der Waals surface area (Å²) < 4.78 is 0. The molecular weight excluding hydrogens is 316 g/mol. The molecule has 1 N–H and O–H groups in total. The first kappa shape index (κ1) is 15.5. The molecule has 120 valence electrons. The number of aromatic nitrogens is 3. The van der Waals surface area contributed by atoms with Crippen LogP contribution in [-0.2, 0) is 4.79 Å². The zero-order chi connectivity index (χ0) is 16.6. The first-order valence-corrected chi connectivity index (χ1v) is 8.05. The van der Waals surface area contributed by atoms with Crippen LogP contribution in [0, 0.1) is 6.92 Å². The van der Waals surface area contributed by atoms with Crippen molar-refractivity contribution >= 4 is 23.2 Å². The summed E-state index contributed by atoms with van der Waals surface area (Å²) in [5.74, 6) is -0.802. The molecule has 1 saturated heterocycles. The van der Waals surface area contributed by atoms with Crippen LogP contribution in [0.3, 0.4) is 0 Å². The van der Waals surface area contributed by atoms with Gasteiger partial charge in [-0.15, -0.1) is 11.3 Å². The third kappa shape index (κ3) is 2.59. The fourth-order valence-corrected chi connectivity index (χ4v) is 3.70. The number of aliphatic carboxylic acids is 1. The van der Waals surface area contributed by atoms with Gasteiger partial charge in [-0.2, -0.15) is 0 Å². The van der Waals surface area contributed by atoms with Crippen LogP contribution in [0.4, 0.5) is 0 Å². The van der Waals surface area contributed by atoms with Gasteiger partial charge in [-0.3, -0.25) is 4.79 Å². The summed E-state index contributed by atoms with van der Waals surface area (Å²) in [4.78, 5) is 38.9. The quantitative estimate of drug-likeness (QED) is 0.923. The molecule has 0 radical (unpaired) electrons. The molecule has 0 aliphatic carbocycles. The first-order chi connectivity index (χ1) is 10.9. The molecule has 1 aliphatic heterocycles. The summed E-state index contributed by atoms with van der Waals surface area (Å²) in [7, 11) is 0. The van der Waals surface area contributed by atoms with Crippen molar-refractivity contribution in [1.82, 2.24) is 19.9 Å². The van der Waals surface area contributed by atoms with Crippen LogP contribution in [0.1, 0.15) is 35.1 Å². The number of carbonyl (C=O) groups is 2. The number of nitrogens with zero attached hydrogens (tertiary/aromatic N) is 4. The van der Waals surface area contributed by atoms with E-state index < -0.39 is 11.5 Å². The van der Waals surface area contributed by atoms with E-state index in [2.05, 4.69) is 15.0 Å². The van der Waals surface area contributed by atoms with Crippen molar-refractivity contribution in [1.29, 1.82) is 0 Å². The highest BCUT2D eigenvalue weighted by atomic mass is 32.1. The van der Waals surface area contributed by atoms with E-state index in [1.165, 1.54) is 16.2 Å². The average Bonchev–Trinajstić information content (AvgIpc) is 3.12. The van der Waals surface area contributed by atoms with E-state index in [-0.39, 0.29) is 5.91 Å². The molecule has 7 nitrogen and oxygen atoms in total. The lowest BCUT2D eigenvalue weighted by molar-refractivity contribution is -0.147. The van der Waals surface area contributed by atoms with Crippen LogP contribution in [-0.4, -0.2) is 48.9 Å². The van der Waals surface area contributed by atoms with E-state index in [0.29, 0.717) is 40.8 Å². The Morgan fingerprint density at radius 1 is 1.35 bits per heavy atom. The summed E-state index contributed by atoms with van der Waals surface area (Å²) in [6.07, 6.45) is 4.37. The van der Waals surface area contributed by atoms with Gasteiger partial charge in [0.2, 0.25) is 0 Å². The Morgan fingerprint density at radius 2 is 2.04 bits per heavy atom. The monoisotopic (exact) mass is 332 g/mol. The van der Waals surface area contributed by atoms with Crippen molar-refractivity contribution in [2.75, 3.05) is 6.54 Å². The maximum atomic E-state index is 12.8. The van der Waals surface area contributed by atoms with Gasteiger partial charge in [-0.25, -0.2) is 19.7 Å². The Balaban J connectivity index is 1.95. The number of rotatable bonds is 3. The SMILES string of the molecule is Cc1nc(-c2ncccn2)sc1C(=O)N1CCCC1(C)C(=O)O. The second-order valence-corrected chi connectivity index (χ2v) is 6.64. The normalized spacial score (nSPS) is 20.7. The maximum absolute atomic E-state index is 12.8. The summed E-state index contributed by atoms with van der Waals surface area (Å²) in [5.41, 5.74) is -0.584. The smallest absolute Gasteiger partial charge is 0.329 e. The number of thiazole rings is 1. The highest BCUT2D eigenvalue weighted by Gasteiger charge is 2.46. The number of hydrogen-bond acceptors (Lipinski definition) is 6. The van der Waals surface area contributed by atoms with Gasteiger partial charge in [0.1, 0.15) is 10.4 Å². The lowest BCUT2D eigenvalue weighted by Crippen LogP contribution is -2.50. The van der Waals surface area contributed by atoms with Gasteiger partial charge in [0.25, 0.3) is 5.91 Å². The number of carboxylic acids is 1. The van der Waals surface area contributed by atoms with Gasteiger partial charge in [0, 0.05) is 18.9 Å². The van der Waals surface area contributed by atoms with Crippen molar-refractivity contribution in [3.63, 3.8) is 0 Å². The summed E-state index contributed by atoms with van der Waals surface area (Å²) >= 11 is 1.20. The van der Waals surface area contributed by atoms with Crippen LogP contribution in [0.15, 0.2) is 18.5 Å². The number of hydrogen-bond donors (Lipinski definition) is 1. The predicted molar refractivity (Wildman–Crippen MR) is 84.2 cm³/mol. The van der Waals surface area contributed by atoms with E-state index in [0.717, 1.165) is 0 Å². The van der Waals surface area contributed by atoms with Gasteiger partial charge >= 0.3 is 5.97 Å².